The molecule has 0 bridgehead atoms. The number of nitro benzene ring substituents is 1. The molecule has 0 fully saturated rings. The van der Waals surface area contributed by atoms with E-state index in [1.807, 2.05) is 0 Å². The van der Waals surface area contributed by atoms with E-state index in [0.717, 1.165) is 13.0 Å². The zero-order chi connectivity index (χ0) is 15.0. The van der Waals surface area contributed by atoms with Crippen molar-refractivity contribution < 1.29 is 14.5 Å². The molecule has 0 saturated carbocycles. The first-order valence-electron chi connectivity index (χ1n) is 6.41. The van der Waals surface area contributed by atoms with Gasteiger partial charge in [0, 0.05) is 24.7 Å². The molecule has 21 heavy (non-hydrogen) atoms. The standard InChI is InChI=1S/C13H19N3O4.ClH/c1-3-6-14-7-8-15-13(17)10-4-5-12(20-2)11(9-10)16(18)19;/h4-5,9,14H,3,6-8H2,1-2H3,(H,15,17);1H. The Morgan fingerprint density at radius 1 is 1.33 bits per heavy atom. The Morgan fingerprint density at radius 3 is 2.62 bits per heavy atom. The van der Waals surface area contributed by atoms with Crippen LogP contribution in [-0.2, 0) is 0 Å². The molecule has 1 aromatic rings. The van der Waals surface area contributed by atoms with E-state index in [-0.39, 0.29) is 35.3 Å². The lowest BCUT2D eigenvalue weighted by atomic mass is 10.1. The summed E-state index contributed by atoms with van der Waals surface area (Å²) >= 11 is 0. The van der Waals surface area contributed by atoms with E-state index >= 15 is 0 Å². The van der Waals surface area contributed by atoms with Crippen LogP contribution in [0.4, 0.5) is 5.69 Å². The van der Waals surface area contributed by atoms with E-state index in [1.165, 1.54) is 25.3 Å². The number of methoxy groups -OCH3 is 1. The Balaban J connectivity index is 0.00000400. The number of amides is 1. The molecule has 0 unspecified atom stereocenters. The van der Waals surface area contributed by atoms with Gasteiger partial charge in [-0.05, 0) is 25.1 Å². The highest BCUT2D eigenvalue weighted by atomic mass is 35.5. The molecule has 0 aliphatic heterocycles. The van der Waals surface area contributed by atoms with Crippen molar-refractivity contribution >= 4 is 24.0 Å². The molecule has 0 aromatic heterocycles. The fraction of sp³-hybridized carbons (Fsp3) is 0.462. The van der Waals surface area contributed by atoms with Crippen LogP contribution < -0.4 is 15.4 Å². The van der Waals surface area contributed by atoms with Crippen LogP contribution >= 0.6 is 12.4 Å². The van der Waals surface area contributed by atoms with E-state index in [9.17, 15) is 14.9 Å². The van der Waals surface area contributed by atoms with Crippen molar-refractivity contribution in [2.75, 3.05) is 26.7 Å². The van der Waals surface area contributed by atoms with Crippen LogP contribution in [0.2, 0.25) is 0 Å². The highest BCUT2D eigenvalue weighted by Gasteiger charge is 2.17. The molecule has 2 N–H and O–H groups in total. The summed E-state index contributed by atoms with van der Waals surface area (Å²) in [4.78, 5) is 22.2. The largest absolute Gasteiger partial charge is 0.490 e. The lowest BCUT2D eigenvalue weighted by molar-refractivity contribution is -0.385. The van der Waals surface area contributed by atoms with Crippen LogP contribution in [0.3, 0.4) is 0 Å². The second-order valence-electron chi connectivity index (χ2n) is 4.15. The normalized spacial score (nSPS) is 9.62. The van der Waals surface area contributed by atoms with Gasteiger partial charge in [-0.2, -0.15) is 0 Å². The molecular weight excluding hydrogens is 298 g/mol. The molecule has 8 heteroatoms. The Morgan fingerprint density at radius 2 is 2.05 bits per heavy atom. The summed E-state index contributed by atoms with van der Waals surface area (Å²) in [5.41, 5.74) is 0.0252. The highest BCUT2D eigenvalue weighted by Crippen LogP contribution is 2.27. The topological polar surface area (TPSA) is 93.5 Å². The summed E-state index contributed by atoms with van der Waals surface area (Å²) < 4.78 is 4.88. The van der Waals surface area contributed by atoms with Crippen molar-refractivity contribution in [3.05, 3.63) is 33.9 Å². The first-order valence-corrected chi connectivity index (χ1v) is 6.41. The van der Waals surface area contributed by atoms with Crippen LogP contribution in [0.15, 0.2) is 18.2 Å². The van der Waals surface area contributed by atoms with Crippen molar-refractivity contribution in [3.8, 4) is 5.75 Å². The quantitative estimate of drug-likeness (QED) is 0.433. The maximum atomic E-state index is 11.8. The minimum atomic E-state index is -0.571. The number of rotatable bonds is 8. The zero-order valence-corrected chi connectivity index (χ0v) is 12.9. The van der Waals surface area contributed by atoms with Crippen LogP contribution in [0, 0.1) is 10.1 Å². The average Bonchev–Trinajstić information content (AvgIpc) is 2.46. The summed E-state index contributed by atoms with van der Waals surface area (Å²) in [5.74, 6) is -0.204. The molecule has 0 saturated heterocycles. The highest BCUT2D eigenvalue weighted by molar-refractivity contribution is 5.95. The SMILES string of the molecule is CCCNCCNC(=O)c1ccc(OC)c([N+](=O)[O-])c1.Cl. The Labute approximate surface area is 129 Å². The monoisotopic (exact) mass is 317 g/mol. The predicted molar refractivity (Wildman–Crippen MR) is 82.4 cm³/mol. The summed E-state index contributed by atoms with van der Waals surface area (Å²) in [5, 5.41) is 16.7. The molecule has 0 aliphatic rings. The number of halogens is 1. The molecule has 1 rings (SSSR count). The number of benzene rings is 1. The van der Waals surface area contributed by atoms with Crippen molar-refractivity contribution in [2.24, 2.45) is 0 Å². The molecule has 0 radical (unpaired) electrons. The fourth-order valence-corrected chi connectivity index (χ4v) is 1.64. The number of ether oxygens (including phenoxy) is 1. The van der Waals surface area contributed by atoms with Gasteiger partial charge in [0.05, 0.1) is 12.0 Å². The maximum absolute atomic E-state index is 11.8. The van der Waals surface area contributed by atoms with E-state index < -0.39 is 4.92 Å². The van der Waals surface area contributed by atoms with Gasteiger partial charge in [0.25, 0.3) is 5.91 Å². The molecule has 0 heterocycles. The first kappa shape index (κ1) is 19.1. The lowest BCUT2D eigenvalue weighted by Gasteiger charge is -2.07. The molecule has 0 spiro atoms. The third-order valence-corrected chi connectivity index (χ3v) is 2.65. The molecule has 118 valence electrons. The first-order chi connectivity index (χ1) is 9.60. The molecule has 0 aliphatic carbocycles. The molecule has 7 nitrogen and oxygen atoms in total. The van der Waals surface area contributed by atoms with Gasteiger partial charge in [-0.15, -0.1) is 12.4 Å². The predicted octanol–water partition coefficient (Wildman–Crippen LogP) is 1.75. The maximum Gasteiger partial charge on any atom is 0.311 e. The van der Waals surface area contributed by atoms with Gasteiger partial charge in [-0.1, -0.05) is 6.92 Å². The number of nitro groups is 1. The zero-order valence-electron chi connectivity index (χ0n) is 12.0. The summed E-state index contributed by atoms with van der Waals surface area (Å²) in [6.45, 7) is 4.09. The number of carbonyl (C=O) groups is 1. The fourth-order valence-electron chi connectivity index (χ4n) is 1.64. The minimum absolute atomic E-state index is 0. The number of carbonyl (C=O) groups excluding carboxylic acids is 1. The second-order valence-corrected chi connectivity index (χ2v) is 4.15. The Bertz CT molecular complexity index is 482. The number of nitrogens with one attached hydrogen (secondary N) is 2. The number of hydrogen-bond acceptors (Lipinski definition) is 5. The van der Waals surface area contributed by atoms with Crippen LogP contribution in [-0.4, -0.2) is 37.6 Å². The van der Waals surface area contributed by atoms with Crippen LogP contribution in [0.25, 0.3) is 0 Å². The van der Waals surface area contributed by atoms with Crippen molar-refractivity contribution in [1.82, 2.24) is 10.6 Å². The van der Waals surface area contributed by atoms with Gasteiger partial charge in [-0.25, -0.2) is 0 Å². The van der Waals surface area contributed by atoms with Crippen molar-refractivity contribution in [2.45, 2.75) is 13.3 Å². The second kappa shape index (κ2) is 9.95. The van der Waals surface area contributed by atoms with E-state index in [4.69, 9.17) is 4.74 Å². The Hall–Kier alpha value is -1.86. The molecule has 1 amide bonds. The summed E-state index contributed by atoms with van der Waals surface area (Å²) in [6, 6.07) is 4.14. The van der Waals surface area contributed by atoms with E-state index in [0.29, 0.717) is 13.1 Å². The molecular formula is C13H20ClN3O4. The van der Waals surface area contributed by atoms with E-state index in [2.05, 4.69) is 17.6 Å². The smallest absolute Gasteiger partial charge is 0.311 e. The van der Waals surface area contributed by atoms with Gasteiger partial charge >= 0.3 is 5.69 Å². The third-order valence-electron chi connectivity index (χ3n) is 2.65. The van der Waals surface area contributed by atoms with Crippen molar-refractivity contribution in [3.63, 3.8) is 0 Å². The van der Waals surface area contributed by atoms with Crippen LogP contribution in [0.1, 0.15) is 23.7 Å². The number of nitrogens with zero attached hydrogens (tertiary/aromatic N) is 1. The van der Waals surface area contributed by atoms with Gasteiger partial charge in [0.2, 0.25) is 0 Å². The number of hydrogen-bond donors (Lipinski definition) is 2. The molecule has 0 atom stereocenters. The van der Waals surface area contributed by atoms with Gasteiger partial charge in [0.1, 0.15) is 0 Å². The summed E-state index contributed by atoms with van der Waals surface area (Å²) in [7, 11) is 1.35. The average molecular weight is 318 g/mol. The van der Waals surface area contributed by atoms with Gasteiger partial charge < -0.3 is 15.4 Å². The van der Waals surface area contributed by atoms with Crippen molar-refractivity contribution in [1.29, 1.82) is 0 Å². The molecule has 1 aromatic carbocycles. The Kier molecular flexibility index (Phi) is 9.07. The summed E-state index contributed by atoms with van der Waals surface area (Å²) in [6.07, 6.45) is 1.03. The van der Waals surface area contributed by atoms with Crippen LogP contribution in [0.5, 0.6) is 5.75 Å². The van der Waals surface area contributed by atoms with E-state index in [1.54, 1.807) is 0 Å². The van der Waals surface area contributed by atoms with Gasteiger partial charge in [-0.3, -0.25) is 14.9 Å². The lowest BCUT2D eigenvalue weighted by Crippen LogP contribution is -2.32. The van der Waals surface area contributed by atoms with Gasteiger partial charge in [0.15, 0.2) is 5.75 Å². The third kappa shape index (κ3) is 5.97. The minimum Gasteiger partial charge on any atom is -0.490 e.